The molecule has 1 heterocycles. The van der Waals surface area contributed by atoms with Crippen LogP contribution in [-0.2, 0) is 23.9 Å². The van der Waals surface area contributed by atoms with Gasteiger partial charge in [0.2, 0.25) is 0 Å². The van der Waals surface area contributed by atoms with Gasteiger partial charge in [0.25, 0.3) is 0 Å². The van der Waals surface area contributed by atoms with Gasteiger partial charge >= 0.3 is 11.9 Å². The number of fused-ring (bicyclic) bond motifs is 6. The maximum absolute atomic E-state index is 13.2. The van der Waals surface area contributed by atoms with E-state index in [0.29, 0.717) is 31.1 Å². The van der Waals surface area contributed by atoms with E-state index in [2.05, 4.69) is 27.7 Å². The first-order chi connectivity index (χ1) is 14.5. The zero-order valence-corrected chi connectivity index (χ0v) is 19.6. The number of ketones is 1. The van der Waals surface area contributed by atoms with Crippen molar-refractivity contribution in [2.75, 3.05) is 7.11 Å². The molecule has 4 aliphatic carbocycles. The van der Waals surface area contributed by atoms with Crippen LogP contribution in [0.1, 0.15) is 79.1 Å². The molecule has 31 heavy (non-hydrogen) atoms. The third kappa shape index (κ3) is 2.41. The second kappa shape index (κ2) is 6.45. The molecule has 3 saturated carbocycles. The second-order valence-electron chi connectivity index (χ2n) is 11.7. The highest BCUT2D eigenvalue weighted by molar-refractivity contribution is 5.92. The molecule has 0 bridgehead atoms. The minimum absolute atomic E-state index is 0.0704. The van der Waals surface area contributed by atoms with Crippen molar-refractivity contribution >= 4 is 17.7 Å². The van der Waals surface area contributed by atoms with Crippen LogP contribution < -0.4 is 0 Å². The third-order valence-electron chi connectivity index (χ3n) is 11.1. The van der Waals surface area contributed by atoms with Gasteiger partial charge in [-0.15, -0.1) is 0 Å². The Balaban J connectivity index is 1.67. The van der Waals surface area contributed by atoms with Crippen molar-refractivity contribution in [2.45, 2.75) is 84.7 Å². The monoisotopic (exact) mass is 428 g/mol. The van der Waals surface area contributed by atoms with Gasteiger partial charge in [0, 0.05) is 18.3 Å². The number of carbonyl (C=O) groups is 3. The van der Waals surface area contributed by atoms with Crippen LogP contribution in [0.15, 0.2) is 11.6 Å². The molecule has 0 aromatic heterocycles. The van der Waals surface area contributed by atoms with Crippen molar-refractivity contribution in [3.8, 4) is 0 Å². The number of esters is 2. The Kier molecular flexibility index (Phi) is 4.41. The van der Waals surface area contributed by atoms with E-state index in [1.165, 1.54) is 7.11 Å². The fourth-order valence-electron chi connectivity index (χ4n) is 9.25. The van der Waals surface area contributed by atoms with E-state index in [-0.39, 0.29) is 51.4 Å². The first kappa shape index (κ1) is 21.2. The van der Waals surface area contributed by atoms with E-state index in [4.69, 9.17) is 9.47 Å². The molecule has 5 aliphatic rings. The van der Waals surface area contributed by atoms with Gasteiger partial charge in [-0.3, -0.25) is 14.4 Å². The fraction of sp³-hybridized carbons (Fsp3) is 0.808. The average molecular weight is 429 g/mol. The summed E-state index contributed by atoms with van der Waals surface area (Å²) in [5, 5.41) is 0. The molecule has 5 rings (SSSR count). The lowest BCUT2D eigenvalue weighted by Crippen LogP contribution is -2.65. The number of allylic oxidation sites excluding steroid dienone is 1. The molecule has 4 fully saturated rings. The minimum Gasteiger partial charge on any atom is -0.469 e. The van der Waals surface area contributed by atoms with Crippen molar-refractivity contribution in [3.05, 3.63) is 11.6 Å². The topological polar surface area (TPSA) is 69.7 Å². The van der Waals surface area contributed by atoms with Crippen LogP contribution in [0.4, 0.5) is 0 Å². The quantitative estimate of drug-likeness (QED) is 0.570. The Morgan fingerprint density at radius 3 is 2.52 bits per heavy atom. The number of hydrogen-bond acceptors (Lipinski definition) is 5. The van der Waals surface area contributed by atoms with Crippen molar-refractivity contribution in [2.24, 2.45) is 39.9 Å². The van der Waals surface area contributed by atoms with Crippen LogP contribution >= 0.6 is 0 Å². The summed E-state index contributed by atoms with van der Waals surface area (Å²) < 4.78 is 11.4. The van der Waals surface area contributed by atoms with Crippen LogP contribution in [0, 0.1) is 39.9 Å². The highest BCUT2D eigenvalue weighted by atomic mass is 16.6. The van der Waals surface area contributed by atoms with Crippen LogP contribution in [0.3, 0.4) is 0 Å². The van der Waals surface area contributed by atoms with E-state index < -0.39 is 0 Å². The van der Waals surface area contributed by atoms with E-state index in [0.717, 1.165) is 37.7 Å². The zero-order chi connectivity index (χ0) is 22.4. The molecule has 5 nitrogen and oxygen atoms in total. The standard InChI is InChI=1S/C26H36O5/c1-15-14-24(3)19(7-10-26(24)11-8-20(28)31-26)21-18(22(29)30-5)13-16-12-17(27)6-9-23(16,2)25(15,21)4/h12,15,18-19,21H,6-11,13-14H2,1-5H3/t15?,18-,19+,21+,23+,24+,25?,26?/m1/s1. The number of hydrogen-bond donors (Lipinski definition) is 0. The Hall–Kier alpha value is -1.65. The van der Waals surface area contributed by atoms with Crippen molar-refractivity contribution in [1.82, 2.24) is 0 Å². The lowest BCUT2D eigenvalue weighted by molar-refractivity contribution is -0.211. The highest BCUT2D eigenvalue weighted by Crippen LogP contribution is 2.76. The second-order valence-corrected chi connectivity index (χ2v) is 11.7. The van der Waals surface area contributed by atoms with Crippen LogP contribution in [0.5, 0.6) is 0 Å². The van der Waals surface area contributed by atoms with Crippen molar-refractivity contribution in [3.63, 3.8) is 0 Å². The van der Waals surface area contributed by atoms with E-state index in [9.17, 15) is 14.4 Å². The molecule has 170 valence electrons. The van der Waals surface area contributed by atoms with E-state index in [1.807, 2.05) is 6.08 Å². The Morgan fingerprint density at radius 2 is 1.87 bits per heavy atom. The molecule has 0 N–H and O–H groups in total. The first-order valence-electron chi connectivity index (χ1n) is 12.1. The lowest BCUT2D eigenvalue weighted by Gasteiger charge is -2.68. The van der Waals surface area contributed by atoms with Crippen molar-refractivity contribution < 1.29 is 23.9 Å². The van der Waals surface area contributed by atoms with Gasteiger partial charge < -0.3 is 9.47 Å². The maximum Gasteiger partial charge on any atom is 0.309 e. The summed E-state index contributed by atoms with van der Waals surface area (Å²) in [5.74, 6) is 0.505. The molecular weight excluding hydrogens is 392 g/mol. The number of methoxy groups -OCH3 is 1. The molecule has 0 aromatic rings. The molecular formula is C26H36O5. The van der Waals surface area contributed by atoms with Gasteiger partial charge in [0.1, 0.15) is 5.60 Å². The zero-order valence-electron chi connectivity index (χ0n) is 19.6. The molecule has 1 aliphatic heterocycles. The number of ether oxygens (including phenoxy) is 2. The maximum atomic E-state index is 13.2. The van der Waals surface area contributed by atoms with Gasteiger partial charge in [-0.1, -0.05) is 33.3 Å². The van der Waals surface area contributed by atoms with Gasteiger partial charge in [-0.2, -0.15) is 0 Å². The summed E-state index contributed by atoms with van der Waals surface area (Å²) in [6.45, 7) is 9.37. The molecule has 1 spiro atoms. The average Bonchev–Trinajstić information content (AvgIpc) is 3.23. The van der Waals surface area contributed by atoms with Crippen LogP contribution in [0.2, 0.25) is 0 Å². The lowest BCUT2D eigenvalue weighted by atomic mass is 9.35. The molecule has 0 aromatic carbocycles. The van der Waals surface area contributed by atoms with Gasteiger partial charge in [0.05, 0.1) is 13.0 Å². The largest absolute Gasteiger partial charge is 0.469 e. The van der Waals surface area contributed by atoms with Crippen molar-refractivity contribution in [1.29, 1.82) is 0 Å². The minimum atomic E-state index is -0.384. The Labute approximate surface area is 185 Å². The Bertz CT molecular complexity index is 890. The summed E-state index contributed by atoms with van der Waals surface area (Å²) in [5.41, 5.74) is 0.420. The highest BCUT2D eigenvalue weighted by Gasteiger charge is 2.73. The molecule has 8 atom stereocenters. The molecule has 0 amide bonds. The summed E-state index contributed by atoms with van der Waals surface area (Å²) in [7, 11) is 1.48. The van der Waals surface area contributed by atoms with Gasteiger partial charge in [-0.25, -0.2) is 0 Å². The fourth-order valence-corrected chi connectivity index (χ4v) is 9.25. The normalized spacial score (nSPS) is 50.9. The summed E-state index contributed by atoms with van der Waals surface area (Å²) in [4.78, 5) is 37.7. The SMILES string of the molecule is COC(=O)[C@@H]1CC2=CC(=O)CC[C@]2(C)C2(C)C(C)C[C@@]3(C)[C@@H](CCC34CCC(=O)O4)[C@H]12. The summed E-state index contributed by atoms with van der Waals surface area (Å²) >= 11 is 0. The third-order valence-corrected chi connectivity index (χ3v) is 11.1. The predicted octanol–water partition coefficient (Wildman–Crippen LogP) is 4.63. The number of rotatable bonds is 1. The smallest absolute Gasteiger partial charge is 0.309 e. The van der Waals surface area contributed by atoms with E-state index >= 15 is 0 Å². The molecule has 3 unspecified atom stereocenters. The van der Waals surface area contributed by atoms with Gasteiger partial charge in [-0.05, 0) is 73.2 Å². The van der Waals surface area contributed by atoms with Crippen LogP contribution in [-0.4, -0.2) is 30.4 Å². The molecule has 5 heteroatoms. The molecule has 0 radical (unpaired) electrons. The van der Waals surface area contributed by atoms with Crippen LogP contribution in [0.25, 0.3) is 0 Å². The molecule has 1 saturated heterocycles. The summed E-state index contributed by atoms with van der Waals surface area (Å²) in [6.07, 6.45) is 8.07. The van der Waals surface area contributed by atoms with Gasteiger partial charge in [0.15, 0.2) is 5.78 Å². The summed E-state index contributed by atoms with van der Waals surface area (Å²) in [6, 6.07) is 0. The Morgan fingerprint density at radius 1 is 1.13 bits per heavy atom. The first-order valence-corrected chi connectivity index (χ1v) is 12.1. The predicted molar refractivity (Wildman–Crippen MR) is 115 cm³/mol. The number of carbonyl (C=O) groups excluding carboxylic acids is 3. The van der Waals surface area contributed by atoms with E-state index in [1.54, 1.807) is 0 Å².